The molecule has 2 rings (SSSR count). The van der Waals surface area contributed by atoms with Gasteiger partial charge in [-0.05, 0) is 18.2 Å². The Morgan fingerprint density at radius 3 is 2.94 bits per heavy atom. The van der Waals surface area contributed by atoms with Crippen molar-refractivity contribution in [1.29, 1.82) is 5.26 Å². The summed E-state index contributed by atoms with van der Waals surface area (Å²) in [5.74, 6) is -0.559. The summed E-state index contributed by atoms with van der Waals surface area (Å²) in [5, 5.41) is 14.3. The molecule has 4 nitrogen and oxygen atoms in total. The molecule has 16 heavy (non-hydrogen) atoms. The quantitative estimate of drug-likeness (QED) is 0.779. The third-order valence-electron chi connectivity index (χ3n) is 2.44. The van der Waals surface area contributed by atoms with E-state index in [4.69, 9.17) is 5.26 Å². The average Bonchev–Trinajstić information content (AvgIpc) is 2.64. The van der Waals surface area contributed by atoms with E-state index in [-0.39, 0.29) is 17.5 Å². The summed E-state index contributed by atoms with van der Waals surface area (Å²) in [6.07, 6.45) is 0.390. The van der Waals surface area contributed by atoms with Crippen molar-refractivity contribution in [2.45, 2.75) is 12.5 Å². The average molecular weight is 219 g/mol. The number of halogens is 1. The number of rotatable bonds is 2. The monoisotopic (exact) mass is 219 g/mol. The summed E-state index contributed by atoms with van der Waals surface area (Å²) < 4.78 is 13.3. The molecule has 0 radical (unpaired) electrons. The molecule has 1 unspecified atom stereocenters. The third kappa shape index (κ3) is 2.11. The molecule has 1 aliphatic heterocycles. The van der Waals surface area contributed by atoms with Crippen LogP contribution in [-0.4, -0.2) is 18.5 Å². The molecule has 82 valence electrons. The smallest absolute Gasteiger partial charge is 0.222 e. The van der Waals surface area contributed by atoms with Crippen LogP contribution in [0.15, 0.2) is 18.2 Å². The van der Waals surface area contributed by atoms with Crippen molar-refractivity contribution >= 4 is 11.6 Å². The standard InChI is InChI=1S/C11H10FN3O/c12-10-3-8(2-1-7(10)5-13)15-9-4-11(16)14-6-9/h1-3,9,15H,4,6H2,(H,14,16). The SMILES string of the molecule is N#Cc1ccc(NC2CNC(=O)C2)cc1F. The molecule has 1 saturated heterocycles. The van der Waals surface area contributed by atoms with Crippen LogP contribution in [0.4, 0.5) is 10.1 Å². The summed E-state index contributed by atoms with van der Waals surface area (Å²) in [5.41, 5.74) is 0.601. The van der Waals surface area contributed by atoms with E-state index in [9.17, 15) is 9.18 Å². The van der Waals surface area contributed by atoms with Crippen LogP contribution in [0.5, 0.6) is 0 Å². The Balaban J connectivity index is 2.08. The fourth-order valence-electron chi connectivity index (χ4n) is 1.64. The van der Waals surface area contributed by atoms with E-state index < -0.39 is 5.82 Å². The molecule has 1 aliphatic rings. The van der Waals surface area contributed by atoms with Gasteiger partial charge in [-0.25, -0.2) is 4.39 Å². The molecular formula is C11H10FN3O. The van der Waals surface area contributed by atoms with Crippen molar-refractivity contribution in [1.82, 2.24) is 5.32 Å². The normalized spacial score (nSPS) is 19.0. The topological polar surface area (TPSA) is 64.9 Å². The molecule has 0 spiro atoms. The van der Waals surface area contributed by atoms with E-state index in [0.29, 0.717) is 18.7 Å². The molecule has 1 atom stereocenters. The highest BCUT2D eigenvalue weighted by atomic mass is 19.1. The number of nitrogens with zero attached hydrogens (tertiary/aromatic N) is 1. The number of hydrogen-bond acceptors (Lipinski definition) is 3. The van der Waals surface area contributed by atoms with Crippen LogP contribution in [-0.2, 0) is 4.79 Å². The van der Waals surface area contributed by atoms with E-state index in [1.807, 2.05) is 0 Å². The van der Waals surface area contributed by atoms with Crippen LogP contribution < -0.4 is 10.6 Å². The summed E-state index contributed by atoms with van der Waals surface area (Å²) >= 11 is 0. The van der Waals surface area contributed by atoms with Gasteiger partial charge in [0.05, 0.1) is 11.6 Å². The highest BCUT2D eigenvalue weighted by Crippen LogP contribution is 2.16. The molecule has 0 aromatic heterocycles. The molecule has 1 amide bonds. The second-order valence-electron chi connectivity index (χ2n) is 3.66. The first-order valence-corrected chi connectivity index (χ1v) is 4.92. The minimum absolute atomic E-state index is 0.00776. The first-order valence-electron chi connectivity index (χ1n) is 4.92. The number of hydrogen-bond donors (Lipinski definition) is 2. The maximum Gasteiger partial charge on any atom is 0.222 e. The molecule has 1 fully saturated rings. The van der Waals surface area contributed by atoms with Crippen LogP contribution in [0.3, 0.4) is 0 Å². The van der Waals surface area contributed by atoms with E-state index in [1.54, 1.807) is 12.1 Å². The minimum Gasteiger partial charge on any atom is -0.380 e. The number of nitrogens with one attached hydrogen (secondary N) is 2. The lowest BCUT2D eigenvalue weighted by Crippen LogP contribution is -2.22. The Hall–Kier alpha value is -2.09. The number of nitriles is 1. The second-order valence-corrected chi connectivity index (χ2v) is 3.66. The molecule has 0 aliphatic carbocycles. The van der Waals surface area contributed by atoms with Gasteiger partial charge in [0.25, 0.3) is 0 Å². The van der Waals surface area contributed by atoms with Crippen molar-refractivity contribution in [3.63, 3.8) is 0 Å². The maximum absolute atomic E-state index is 13.3. The molecule has 2 N–H and O–H groups in total. The molecule has 1 aromatic carbocycles. The Bertz CT molecular complexity index is 467. The van der Waals surface area contributed by atoms with Gasteiger partial charge in [0.15, 0.2) is 0 Å². The largest absolute Gasteiger partial charge is 0.380 e. The highest BCUT2D eigenvalue weighted by molar-refractivity contribution is 5.79. The zero-order valence-electron chi connectivity index (χ0n) is 8.46. The fraction of sp³-hybridized carbons (Fsp3) is 0.273. The number of carbonyl (C=O) groups excluding carboxylic acids is 1. The second kappa shape index (κ2) is 4.19. The fourth-order valence-corrected chi connectivity index (χ4v) is 1.64. The van der Waals surface area contributed by atoms with Gasteiger partial charge in [-0.2, -0.15) is 5.26 Å². The number of benzene rings is 1. The Morgan fingerprint density at radius 2 is 2.38 bits per heavy atom. The molecule has 1 aromatic rings. The summed E-state index contributed by atoms with van der Waals surface area (Å²) in [7, 11) is 0. The van der Waals surface area contributed by atoms with Gasteiger partial charge in [0.2, 0.25) is 5.91 Å². The predicted octanol–water partition coefficient (Wildman–Crippen LogP) is 0.998. The minimum atomic E-state index is -0.551. The molecule has 5 heteroatoms. The molecule has 1 heterocycles. The summed E-state index contributed by atoms with van der Waals surface area (Å²) in [6.45, 7) is 0.542. The Labute approximate surface area is 92.1 Å². The van der Waals surface area contributed by atoms with Crippen LogP contribution in [0.2, 0.25) is 0 Å². The van der Waals surface area contributed by atoms with Crippen LogP contribution >= 0.6 is 0 Å². The van der Waals surface area contributed by atoms with Gasteiger partial charge in [-0.1, -0.05) is 0 Å². The number of carbonyl (C=O) groups is 1. The zero-order valence-corrected chi connectivity index (χ0v) is 8.46. The van der Waals surface area contributed by atoms with Gasteiger partial charge in [0.1, 0.15) is 11.9 Å². The lowest BCUT2D eigenvalue weighted by atomic mass is 10.2. The number of amides is 1. The maximum atomic E-state index is 13.3. The molecule has 0 bridgehead atoms. The Kier molecular flexibility index (Phi) is 2.73. The van der Waals surface area contributed by atoms with E-state index >= 15 is 0 Å². The van der Waals surface area contributed by atoms with Gasteiger partial charge in [0, 0.05) is 18.7 Å². The van der Waals surface area contributed by atoms with E-state index in [0.717, 1.165) is 0 Å². The molecular weight excluding hydrogens is 209 g/mol. The van der Waals surface area contributed by atoms with Gasteiger partial charge >= 0.3 is 0 Å². The highest BCUT2D eigenvalue weighted by Gasteiger charge is 2.21. The van der Waals surface area contributed by atoms with Crippen LogP contribution in [0.25, 0.3) is 0 Å². The van der Waals surface area contributed by atoms with E-state index in [1.165, 1.54) is 12.1 Å². The van der Waals surface area contributed by atoms with Crippen LogP contribution in [0.1, 0.15) is 12.0 Å². The van der Waals surface area contributed by atoms with Gasteiger partial charge in [-0.3, -0.25) is 4.79 Å². The first kappa shape index (κ1) is 10.4. The van der Waals surface area contributed by atoms with Crippen molar-refractivity contribution in [2.24, 2.45) is 0 Å². The lowest BCUT2D eigenvalue weighted by Gasteiger charge is -2.11. The van der Waals surface area contributed by atoms with Crippen molar-refractivity contribution < 1.29 is 9.18 Å². The molecule has 0 saturated carbocycles. The predicted molar refractivity (Wildman–Crippen MR) is 56.2 cm³/mol. The Morgan fingerprint density at radius 1 is 1.56 bits per heavy atom. The van der Waals surface area contributed by atoms with Crippen LogP contribution in [0, 0.1) is 17.1 Å². The summed E-state index contributed by atoms with van der Waals surface area (Å²) in [4.78, 5) is 10.9. The zero-order chi connectivity index (χ0) is 11.5. The van der Waals surface area contributed by atoms with Crippen molar-refractivity contribution in [2.75, 3.05) is 11.9 Å². The number of anilines is 1. The first-order chi connectivity index (χ1) is 7.69. The van der Waals surface area contributed by atoms with Crippen molar-refractivity contribution in [3.05, 3.63) is 29.6 Å². The summed E-state index contributed by atoms with van der Waals surface area (Å²) in [6, 6.07) is 6.05. The lowest BCUT2D eigenvalue weighted by molar-refractivity contribution is -0.119. The third-order valence-corrected chi connectivity index (χ3v) is 2.44. The van der Waals surface area contributed by atoms with Gasteiger partial charge in [-0.15, -0.1) is 0 Å². The van der Waals surface area contributed by atoms with E-state index in [2.05, 4.69) is 10.6 Å². The van der Waals surface area contributed by atoms with Gasteiger partial charge < -0.3 is 10.6 Å². The van der Waals surface area contributed by atoms with Crippen molar-refractivity contribution in [3.8, 4) is 6.07 Å².